The Morgan fingerprint density at radius 3 is 2.74 bits per heavy atom. The molecule has 0 aliphatic rings. The highest BCUT2D eigenvalue weighted by molar-refractivity contribution is 9.10. The SMILES string of the molecule is CCOc1c(Br)cc(C(=O)OCC(=O)NCCC#N)cc1OC. The third kappa shape index (κ3) is 5.79. The van der Waals surface area contributed by atoms with Gasteiger partial charge in [0.1, 0.15) is 0 Å². The van der Waals surface area contributed by atoms with Crippen LogP contribution in [0.1, 0.15) is 23.7 Å². The number of methoxy groups -OCH3 is 1. The molecule has 0 saturated heterocycles. The summed E-state index contributed by atoms with van der Waals surface area (Å²) in [4.78, 5) is 23.4. The molecule has 1 N–H and O–H groups in total. The van der Waals surface area contributed by atoms with E-state index >= 15 is 0 Å². The highest BCUT2D eigenvalue weighted by Gasteiger charge is 2.17. The molecule has 0 heterocycles. The molecule has 1 amide bonds. The lowest BCUT2D eigenvalue weighted by molar-refractivity contribution is -0.124. The number of hydrogen-bond acceptors (Lipinski definition) is 6. The van der Waals surface area contributed by atoms with Crippen LogP contribution in [0.25, 0.3) is 0 Å². The van der Waals surface area contributed by atoms with Crippen molar-refractivity contribution in [2.24, 2.45) is 0 Å². The van der Waals surface area contributed by atoms with Crippen molar-refractivity contribution in [3.05, 3.63) is 22.2 Å². The van der Waals surface area contributed by atoms with E-state index in [9.17, 15) is 9.59 Å². The third-order valence-corrected chi connectivity index (χ3v) is 3.24. The maximum atomic E-state index is 12.0. The number of amides is 1. The maximum Gasteiger partial charge on any atom is 0.338 e. The van der Waals surface area contributed by atoms with Gasteiger partial charge < -0.3 is 19.5 Å². The smallest absolute Gasteiger partial charge is 0.338 e. The summed E-state index contributed by atoms with van der Waals surface area (Å²) >= 11 is 3.31. The average molecular weight is 385 g/mol. The van der Waals surface area contributed by atoms with Crippen LogP contribution in [0, 0.1) is 11.3 Å². The molecule has 0 unspecified atom stereocenters. The molecular formula is C15H17BrN2O5. The van der Waals surface area contributed by atoms with Crippen LogP contribution in [0.15, 0.2) is 16.6 Å². The first-order valence-electron chi connectivity index (χ1n) is 6.84. The maximum absolute atomic E-state index is 12.0. The molecule has 7 nitrogen and oxygen atoms in total. The lowest BCUT2D eigenvalue weighted by Crippen LogP contribution is -2.29. The van der Waals surface area contributed by atoms with E-state index in [0.29, 0.717) is 22.6 Å². The van der Waals surface area contributed by atoms with Gasteiger partial charge in [0.15, 0.2) is 18.1 Å². The predicted molar refractivity (Wildman–Crippen MR) is 85.4 cm³/mol. The number of hydrogen-bond donors (Lipinski definition) is 1. The van der Waals surface area contributed by atoms with Gasteiger partial charge in [-0.1, -0.05) is 0 Å². The summed E-state index contributed by atoms with van der Waals surface area (Å²) in [7, 11) is 1.46. The number of carbonyl (C=O) groups is 2. The number of nitrogens with one attached hydrogen (secondary N) is 1. The number of carbonyl (C=O) groups excluding carboxylic acids is 2. The van der Waals surface area contributed by atoms with E-state index in [0.717, 1.165) is 0 Å². The Kier molecular flexibility index (Phi) is 7.91. The second-order valence-corrected chi connectivity index (χ2v) is 5.11. The van der Waals surface area contributed by atoms with Crippen LogP contribution < -0.4 is 14.8 Å². The lowest BCUT2D eigenvalue weighted by Gasteiger charge is -2.13. The molecule has 1 aromatic carbocycles. The van der Waals surface area contributed by atoms with Gasteiger partial charge in [-0.05, 0) is 35.0 Å². The molecule has 0 aliphatic carbocycles. The van der Waals surface area contributed by atoms with Crippen LogP contribution in [0.4, 0.5) is 0 Å². The Labute approximate surface area is 142 Å². The van der Waals surface area contributed by atoms with Crippen molar-refractivity contribution in [1.82, 2.24) is 5.32 Å². The van der Waals surface area contributed by atoms with E-state index in [2.05, 4.69) is 21.2 Å². The molecule has 0 bridgehead atoms. The van der Waals surface area contributed by atoms with Crippen molar-refractivity contribution < 1.29 is 23.8 Å². The number of nitrogens with zero attached hydrogens (tertiary/aromatic N) is 1. The number of nitriles is 1. The minimum atomic E-state index is -0.664. The summed E-state index contributed by atoms with van der Waals surface area (Å²) in [6, 6.07) is 4.90. The molecule has 0 saturated carbocycles. The van der Waals surface area contributed by atoms with E-state index in [4.69, 9.17) is 19.5 Å². The normalized spacial score (nSPS) is 9.65. The van der Waals surface area contributed by atoms with E-state index in [1.54, 1.807) is 0 Å². The molecule has 0 atom stereocenters. The first kappa shape index (κ1) is 18.8. The van der Waals surface area contributed by atoms with Gasteiger partial charge in [0.05, 0.1) is 36.2 Å². The van der Waals surface area contributed by atoms with Crippen LogP contribution in [-0.2, 0) is 9.53 Å². The topological polar surface area (TPSA) is 97.6 Å². The van der Waals surface area contributed by atoms with Gasteiger partial charge in [-0.15, -0.1) is 0 Å². The zero-order valence-corrected chi connectivity index (χ0v) is 14.4. The third-order valence-electron chi connectivity index (χ3n) is 2.65. The number of benzene rings is 1. The molecule has 1 aromatic rings. The fourth-order valence-corrected chi connectivity index (χ4v) is 2.20. The fourth-order valence-electron chi connectivity index (χ4n) is 1.65. The molecule has 0 aromatic heterocycles. The largest absolute Gasteiger partial charge is 0.493 e. The number of rotatable bonds is 8. The Bertz CT molecular complexity index is 613. The molecule has 23 heavy (non-hydrogen) atoms. The van der Waals surface area contributed by atoms with Crippen molar-refractivity contribution in [2.45, 2.75) is 13.3 Å². The van der Waals surface area contributed by atoms with Crippen LogP contribution >= 0.6 is 15.9 Å². The van der Waals surface area contributed by atoms with Crippen LogP contribution in [0.5, 0.6) is 11.5 Å². The minimum absolute atomic E-state index is 0.197. The van der Waals surface area contributed by atoms with Gasteiger partial charge in [-0.2, -0.15) is 5.26 Å². The summed E-state index contributed by atoms with van der Waals surface area (Å²) in [5.74, 6) is -0.263. The Morgan fingerprint density at radius 1 is 1.39 bits per heavy atom. The van der Waals surface area contributed by atoms with E-state index in [1.165, 1.54) is 19.2 Å². The fraction of sp³-hybridized carbons (Fsp3) is 0.400. The second kappa shape index (κ2) is 9.69. The van der Waals surface area contributed by atoms with Crippen molar-refractivity contribution in [2.75, 3.05) is 26.9 Å². The molecule has 0 aliphatic heterocycles. The van der Waals surface area contributed by atoms with E-state index in [-0.39, 0.29) is 18.5 Å². The van der Waals surface area contributed by atoms with Crippen molar-refractivity contribution in [3.63, 3.8) is 0 Å². The summed E-state index contributed by atoms with van der Waals surface area (Å²) in [6.45, 7) is 2.08. The van der Waals surface area contributed by atoms with Crippen LogP contribution in [0.3, 0.4) is 0 Å². The van der Waals surface area contributed by atoms with E-state index in [1.807, 2.05) is 13.0 Å². The van der Waals surface area contributed by atoms with Gasteiger partial charge in [0, 0.05) is 6.54 Å². The van der Waals surface area contributed by atoms with Crippen molar-refractivity contribution >= 4 is 27.8 Å². The monoisotopic (exact) mass is 384 g/mol. The highest BCUT2D eigenvalue weighted by Crippen LogP contribution is 2.36. The Hall–Kier alpha value is -2.27. The summed E-state index contributed by atoms with van der Waals surface area (Å²) in [5, 5.41) is 10.8. The zero-order chi connectivity index (χ0) is 17.2. The minimum Gasteiger partial charge on any atom is -0.493 e. The number of esters is 1. The van der Waals surface area contributed by atoms with Crippen LogP contribution in [0.2, 0.25) is 0 Å². The average Bonchev–Trinajstić information content (AvgIpc) is 2.54. The number of ether oxygens (including phenoxy) is 3. The first-order chi connectivity index (χ1) is 11.0. The standard InChI is InChI=1S/C15H17BrN2O5/c1-3-22-14-11(16)7-10(8-12(14)21-2)15(20)23-9-13(19)18-6-4-5-17/h7-8H,3-4,6,9H2,1-2H3,(H,18,19). The van der Waals surface area contributed by atoms with Crippen molar-refractivity contribution in [1.29, 1.82) is 5.26 Å². The summed E-state index contributed by atoms with van der Waals surface area (Å²) < 4.78 is 16.1. The van der Waals surface area contributed by atoms with E-state index < -0.39 is 18.5 Å². The summed E-state index contributed by atoms with van der Waals surface area (Å²) in [5.41, 5.74) is 0.224. The van der Waals surface area contributed by atoms with Gasteiger partial charge in [-0.25, -0.2) is 4.79 Å². The first-order valence-corrected chi connectivity index (χ1v) is 7.63. The molecule has 1 rings (SSSR count). The quantitative estimate of drug-likeness (QED) is 0.543. The summed E-state index contributed by atoms with van der Waals surface area (Å²) in [6.07, 6.45) is 0.197. The van der Waals surface area contributed by atoms with Gasteiger partial charge >= 0.3 is 5.97 Å². The van der Waals surface area contributed by atoms with Crippen molar-refractivity contribution in [3.8, 4) is 17.6 Å². The number of halogens is 1. The Balaban J connectivity index is 2.71. The lowest BCUT2D eigenvalue weighted by atomic mass is 10.2. The predicted octanol–water partition coefficient (Wildman–Crippen LogP) is 2.04. The molecule has 8 heteroatoms. The van der Waals surface area contributed by atoms with Crippen LogP contribution in [-0.4, -0.2) is 38.7 Å². The molecular weight excluding hydrogens is 368 g/mol. The zero-order valence-electron chi connectivity index (χ0n) is 12.8. The van der Waals surface area contributed by atoms with Gasteiger partial charge in [-0.3, -0.25) is 4.79 Å². The molecule has 0 spiro atoms. The highest BCUT2D eigenvalue weighted by atomic mass is 79.9. The molecule has 0 radical (unpaired) electrons. The molecule has 0 fully saturated rings. The second-order valence-electron chi connectivity index (χ2n) is 4.26. The molecule has 124 valence electrons. The Morgan fingerprint density at radius 2 is 2.13 bits per heavy atom. The van der Waals surface area contributed by atoms with Gasteiger partial charge in [0.2, 0.25) is 0 Å². The van der Waals surface area contributed by atoms with Gasteiger partial charge in [0.25, 0.3) is 5.91 Å².